The van der Waals surface area contributed by atoms with E-state index in [1.54, 1.807) is 12.3 Å². The number of aryl methyl sites for hydroxylation is 1. The molecule has 1 aliphatic rings. The molecule has 0 unspecified atom stereocenters. The molecule has 5 heteroatoms. The van der Waals surface area contributed by atoms with E-state index in [1.165, 1.54) is 11.3 Å². The Labute approximate surface area is 131 Å². The maximum atomic E-state index is 12.2. The Kier molecular flexibility index (Phi) is 4.43. The summed E-state index contributed by atoms with van der Waals surface area (Å²) in [6.45, 7) is 5.78. The monoisotopic (exact) mass is 300 g/mol. The van der Waals surface area contributed by atoms with Crippen LogP contribution in [0.25, 0.3) is 0 Å². The lowest BCUT2D eigenvalue weighted by atomic mass is 9.91. The van der Waals surface area contributed by atoms with Crippen LogP contribution in [-0.4, -0.2) is 26.4 Å². The summed E-state index contributed by atoms with van der Waals surface area (Å²) in [7, 11) is 0. The summed E-state index contributed by atoms with van der Waals surface area (Å²) in [5.41, 5.74) is 2.62. The van der Waals surface area contributed by atoms with Gasteiger partial charge >= 0.3 is 0 Å². The zero-order chi connectivity index (χ0) is 15.5. The highest BCUT2D eigenvalue weighted by Crippen LogP contribution is 2.20. The number of aromatic nitrogens is 3. The molecule has 1 atom stereocenters. The molecule has 5 nitrogen and oxygen atoms in total. The van der Waals surface area contributed by atoms with E-state index in [9.17, 15) is 4.79 Å². The second-order valence-corrected chi connectivity index (χ2v) is 6.33. The van der Waals surface area contributed by atoms with Crippen LogP contribution in [0, 0.1) is 0 Å². The van der Waals surface area contributed by atoms with E-state index in [0.29, 0.717) is 18.6 Å². The van der Waals surface area contributed by atoms with Crippen molar-refractivity contribution in [3.05, 3.63) is 52.2 Å². The van der Waals surface area contributed by atoms with Gasteiger partial charge in [-0.2, -0.15) is 5.10 Å². The van der Waals surface area contributed by atoms with Gasteiger partial charge in [-0.3, -0.25) is 9.48 Å². The van der Waals surface area contributed by atoms with Crippen LogP contribution in [0.15, 0.2) is 35.4 Å². The van der Waals surface area contributed by atoms with Gasteiger partial charge in [0.1, 0.15) is 0 Å². The Morgan fingerprint density at radius 2 is 2.23 bits per heavy atom. The minimum Gasteiger partial charge on any atom is -0.311 e. The van der Waals surface area contributed by atoms with Crippen molar-refractivity contribution >= 4 is 0 Å². The van der Waals surface area contributed by atoms with Gasteiger partial charge in [-0.15, -0.1) is 0 Å². The fourth-order valence-electron chi connectivity index (χ4n) is 3.32. The van der Waals surface area contributed by atoms with E-state index in [2.05, 4.69) is 24.3 Å². The molecule has 0 aromatic carbocycles. The van der Waals surface area contributed by atoms with Crippen molar-refractivity contribution in [3.63, 3.8) is 0 Å². The van der Waals surface area contributed by atoms with Crippen LogP contribution in [0.3, 0.4) is 0 Å². The molecule has 0 saturated carbocycles. The molecule has 2 heterocycles. The van der Waals surface area contributed by atoms with E-state index < -0.39 is 0 Å². The van der Waals surface area contributed by atoms with Crippen LogP contribution >= 0.6 is 0 Å². The maximum Gasteiger partial charge on any atom is 0.250 e. The Morgan fingerprint density at radius 1 is 1.36 bits per heavy atom. The molecule has 1 aliphatic carbocycles. The second kappa shape index (κ2) is 6.48. The van der Waals surface area contributed by atoms with Gasteiger partial charge in [-0.25, -0.2) is 0 Å². The van der Waals surface area contributed by atoms with Gasteiger partial charge in [0.2, 0.25) is 0 Å². The topological polar surface area (TPSA) is 51.9 Å². The minimum absolute atomic E-state index is 0.0983. The molecule has 1 N–H and O–H groups in total. The quantitative estimate of drug-likeness (QED) is 0.912. The zero-order valence-corrected chi connectivity index (χ0v) is 13.3. The summed E-state index contributed by atoms with van der Waals surface area (Å²) < 4.78 is 3.81. The Balaban J connectivity index is 1.78. The van der Waals surface area contributed by atoms with Crippen LogP contribution in [0.2, 0.25) is 0 Å². The first-order valence-electron chi connectivity index (χ1n) is 8.08. The highest BCUT2D eigenvalue weighted by atomic mass is 16.1. The summed E-state index contributed by atoms with van der Waals surface area (Å²) in [4.78, 5) is 12.2. The van der Waals surface area contributed by atoms with Gasteiger partial charge in [0.05, 0.1) is 6.54 Å². The van der Waals surface area contributed by atoms with E-state index in [-0.39, 0.29) is 5.56 Å². The zero-order valence-electron chi connectivity index (χ0n) is 13.3. The predicted molar refractivity (Wildman–Crippen MR) is 87.0 cm³/mol. The standard InChI is InChI=1S/C17H24N4O/c1-13(2)19-15-5-6-16-14(12-15)4-7-17(22)21(16)11-10-20-9-3-8-18-20/h3-4,7-9,13,15,19H,5-6,10-12H2,1-2H3/t15-/m0/s1. The van der Waals surface area contributed by atoms with Crippen LogP contribution in [0.4, 0.5) is 0 Å². The summed E-state index contributed by atoms with van der Waals surface area (Å²) in [6.07, 6.45) is 6.77. The lowest BCUT2D eigenvalue weighted by molar-refractivity contribution is 0.405. The van der Waals surface area contributed by atoms with E-state index in [1.807, 2.05) is 27.6 Å². The fraction of sp³-hybridized carbons (Fsp3) is 0.529. The first-order valence-corrected chi connectivity index (χ1v) is 8.08. The van der Waals surface area contributed by atoms with Gasteiger partial charge in [0.15, 0.2) is 0 Å². The number of rotatable bonds is 5. The van der Waals surface area contributed by atoms with Crippen LogP contribution in [0.5, 0.6) is 0 Å². The smallest absolute Gasteiger partial charge is 0.250 e. The van der Waals surface area contributed by atoms with Gasteiger partial charge < -0.3 is 9.88 Å². The molecule has 0 radical (unpaired) electrons. The molecule has 2 aromatic rings. The van der Waals surface area contributed by atoms with Gasteiger partial charge in [0.25, 0.3) is 5.56 Å². The summed E-state index contributed by atoms with van der Waals surface area (Å²) in [5.74, 6) is 0. The second-order valence-electron chi connectivity index (χ2n) is 6.33. The normalized spacial score (nSPS) is 17.7. The summed E-state index contributed by atoms with van der Waals surface area (Å²) >= 11 is 0. The average molecular weight is 300 g/mol. The molecule has 3 rings (SSSR count). The van der Waals surface area contributed by atoms with Crippen molar-refractivity contribution in [1.29, 1.82) is 0 Å². The van der Waals surface area contributed by atoms with Crippen molar-refractivity contribution in [2.24, 2.45) is 0 Å². The van der Waals surface area contributed by atoms with Gasteiger partial charge in [-0.1, -0.05) is 19.9 Å². The minimum atomic E-state index is 0.0983. The van der Waals surface area contributed by atoms with E-state index in [4.69, 9.17) is 0 Å². The average Bonchev–Trinajstić information content (AvgIpc) is 2.99. The van der Waals surface area contributed by atoms with Crippen molar-refractivity contribution in [1.82, 2.24) is 19.7 Å². The van der Waals surface area contributed by atoms with Gasteiger partial charge in [-0.05, 0) is 30.9 Å². The fourth-order valence-corrected chi connectivity index (χ4v) is 3.32. The van der Waals surface area contributed by atoms with Crippen LogP contribution in [-0.2, 0) is 25.9 Å². The number of nitrogens with zero attached hydrogens (tertiary/aromatic N) is 3. The Morgan fingerprint density at radius 3 is 2.95 bits per heavy atom. The molecular formula is C17H24N4O. The number of hydrogen-bond donors (Lipinski definition) is 1. The molecule has 0 fully saturated rings. The highest BCUT2D eigenvalue weighted by Gasteiger charge is 2.21. The highest BCUT2D eigenvalue weighted by molar-refractivity contribution is 5.25. The number of fused-ring (bicyclic) bond motifs is 1. The van der Waals surface area contributed by atoms with Crippen LogP contribution in [0.1, 0.15) is 31.5 Å². The molecule has 0 bridgehead atoms. The van der Waals surface area contributed by atoms with Crippen molar-refractivity contribution in [2.75, 3.05) is 0 Å². The molecule has 118 valence electrons. The molecule has 0 saturated heterocycles. The third kappa shape index (κ3) is 3.30. The molecule has 22 heavy (non-hydrogen) atoms. The Bertz CT molecular complexity index is 672. The van der Waals surface area contributed by atoms with Crippen molar-refractivity contribution in [2.45, 2.75) is 58.3 Å². The third-order valence-corrected chi connectivity index (χ3v) is 4.27. The number of nitrogens with one attached hydrogen (secondary N) is 1. The van der Waals surface area contributed by atoms with E-state index >= 15 is 0 Å². The third-order valence-electron chi connectivity index (χ3n) is 4.27. The predicted octanol–water partition coefficient (Wildman–Crippen LogP) is 1.60. The maximum absolute atomic E-state index is 12.2. The van der Waals surface area contributed by atoms with Gasteiger partial charge in [0, 0.05) is 42.8 Å². The lowest BCUT2D eigenvalue weighted by Crippen LogP contribution is -2.40. The molecule has 0 amide bonds. The van der Waals surface area contributed by atoms with E-state index in [0.717, 1.165) is 25.8 Å². The number of hydrogen-bond acceptors (Lipinski definition) is 3. The lowest BCUT2D eigenvalue weighted by Gasteiger charge is -2.29. The van der Waals surface area contributed by atoms with Crippen molar-refractivity contribution in [3.8, 4) is 0 Å². The first kappa shape index (κ1) is 15.0. The molecule has 0 aliphatic heterocycles. The van der Waals surface area contributed by atoms with Crippen molar-refractivity contribution < 1.29 is 0 Å². The molecule has 0 spiro atoms. The summed E-state index contributed by atoms with van der Waals surface area (Å²) in [5, 5.41) is 7.82. The number of pyridine rings is 1. The molecule has 2 aromatic heterocycles. The molecular weight excluding hydrogens is 276 g/mol. The largest absolute Gasteiger partial charge is 0.311 e. The SMILES string of the molecule is CC(C)N[C@H]1CCc2c(ccc(=O)n2CCn2cccn2)C1. The Hall–Kier alpha value is -1.88. The summed E-state index contributed by atoms with van der Waals surface area (Å²) in [6, 6.07) is 6.64. The van der Waals surface area contributed by atoms with Crippen LogP contribution < -0.4 is 10.9 Å². The first-order chi connectivity index (χ1) is 10.6.